The van der Waals surface area contributed by atoms with Gasteiger partial charge in [-0.2, -0.15) is 5.10 Å². The minimum atomic E-state index is 0.653. The number of halogens is 2. The average Bonchev–Trinajstić information content (AvgIpc) is 2.61. The molecule has 0 bridgehead atoms. The van der Waals surface area contributed by atoms with Crippen LogP contribution in [0.5, 0.6) is 0 Å². The number of aryl methyl sites for hydroxylation is 1. The van der Waals surface area contributed by atoms with E-state index >= 15 is 0 Å². The zero-order chi connectivity index (χ0) is 11.0. The van der Waals surface area contributed by atoms with Crippen LogP contribution in [0.2, 0.25) is 0 Å². The van der Waals surface area contributed by atoms with Crippen molar-refractivity contribution in [2.24, 2.45) is 0 Å². The van der Waals surface area contributed by atoms with Gasteiger partial charge in [0, 0.05) is 9.86 Å². The van der Waals surface area contributed by atoms with Gasteiger partial charge in [-0.25, -0.2) is 4.45 Å². The smallest absolute Gasteiger partial charge is 0.0743 e. The van der Waals surface area contributed by atoms with Crippen LogP contribution in [0.25, 0.3) is 10.9 Å². The molecular formula is C10H11BrIN2P. The first-order valence-corrected chi connectivity index (χ1v) is 9.56. The third-order valence-corrected chi connectivity index (χ3v) is 5.36. The lowest BCUT2D eigenvalue weighted by molar-refractivity contribution is 1.04. The first kappa shape index (κ1) is 11.8. The van der Waals surface area contributed by atoms with E-state index in [0.29, 0.717) is 6.37 Å². The Balaban J connectivity index is 2.80. The molecule has 0 N–H and O–H groups in total. The third-order valence-electron chi connectivity index (χ3n) is 2.57. The van der Waals surface area contributed by atoms with Crippen LogP contribution in [0.3, 0.4) is 0 Å². The molecule has 1 aromatic carbocycles. The summed E-state index contributed by atoms with van der Waals surface area (Å²) >= 11 is 6.04. The van der Waals surface area contributed by atoms with E-state index in [0.717, 1.165) is 6.42 Å². The Morgan fingerprint density at radius 2 is 2.33 bits per heavy atom. The number of hydrogen-bond acceptors (Lipinski definition) is 1. The number of aromatic nitrogens is 2. The number of nitrogens with zero attached hydrogens (tertiary/aromatic N) is 2. The van der Waals surface area contributed by atoms with E-state index in [-0.39, 0.29) is 0 Å². The summed E-state index contributed by atoms with van der Waals surface area (Å²) in [4.78, 5) is 0. The number of hydrogen-bond donors (Lipinski definition) is 0. The zero-order valence-electron chi connectivity index (χ0n) is 8.51. The number of fused-ring (bicyclic) bond motifs is 1. The van der Waals surface area contributed by atoms with Gasteiger partial charge >= 0.3 is 0 Å². The lowest BCUT2D eigenvalue weighted by atomic mass is 10.0. The fourth-order valence-corrected chi connectivity index (χ4v) is 4.22. The van der Waals surface area contributed by atoms with Crippen molar-refractivity contribution in [1.82, 2.24) is 9.55 Å². The van der Waals surface area contributed by atoms with Gasteiger partial charge in [-0.1, -0.05) is 6.92 Å². The lowest BCUT2D eigenvalue weighted by Crippen LogP contribution is -1.90. The van der Waals surface area contributed by atoms with E-state index in [4.69, 9.17) is 0 Å². The highest BCUT2D eigenvalue weighted by atomic mass is 127. The van der Waals surface area contributed by atoms with E-state index < -0.39 is 0 Å². The monoisotopic (exact) mass is 396 g/mol. The molecule has 15 heavy (non-hydrogen) atoms. The molecule has 0 radical (unpaired) electrons. The lowest BCUT2D eigenvalue weighted by Gasteiger charge is -2.08. The van der Waals surface area contributed by atoms with Crippen LogP contribution < -0.4 is 0 Å². The molecule has 0 aliphatic rings. The van der Waals surface area contributed by atoms with Gasteiger partial charge in [0.2, 0.25) is 0 Å². The highest BCUT2D eigenvalue weighted by Crippen LogP contribution is 2.35. The SMILES string of the molecule is CCc1c(C)cc2c(cnn2PI)c1Br. The fraction of sp³-hybridized carbons (Fsp3) is 0.300. The molecule has 1 heterocycles. The van der Waals surface area contributed by atoms with Crippen LogP contribution in [0, 0.1) is 6.92 Å². The molecular weight excluding hydrogens is 386 g/mol. The molecule has 80 valence electrons. The summed E-state index contributed by atoms with van der Waals surface area (Å²) in [5.41, 5.74) is 3.96. The highest BCUT2D eigenvalue weighted by Gasteiger charge is 2.11. The molecule has 0 amide bonds. The first-order valence-electron chi connectivity index (χ1n) is 4.71. The topological polar surface area (TPSA) is 17.8 Å². The summed E-state index contributed by atoms with van der Waals surface area (Å²) in [5, 5.41) is 5.61. The Labute approximate surface area is 112 Å². The molecule has 0 saturated carbocycles. The van der Waals surface area contributed by atoms with E-state index in [2.05, 4.69) is 63.0 Å². The summed E-state index contributed by atoms with van der Waals surface area (Å²) < 4.78 is 3.26. The maximum Gasteiger partial charge on any atom is 0.0743 e. The zero-order valence-corrected chi connectivity index (χ0v) is 13.3. The van der Waals surface area contributed by atoms with Crippen LogP contribution in [-0.2, 0) is 6.42 Å². The highest BCUT2D eigenvalue weighted by molar-refractivity contribution is 14.2. The predicted octanol–water partition coefficient (Wildman–Crippen LogP) is 4.46. The third kappa shape index (κ3) is 1.96. The van der Waals surface area contributed by atoms with Gasteiger partial charge in [0.1, 0.15) is 0 Å². The van der Waals surface area contributed by atoms with Crippen LogP contribution in [0.15, 0.2) is 16.7 Å². The van der Waals surface area contributed by atoms with Crippen molar-refractivity contribution in [2.45, 2.75) is 20.3 Å². The van der Waals surface area contributed by atoms with Gasteiger partial charge in [0.05, 0.1) is 18.1 Å². The normalized spacial score (nSPS) is 12.0. The molecule has 1 atom stereocenters. The van der Waals surface area contributed by atoms with E-state index in [1.165, 1.54) is 26.5 Å². The first-order chi connectivity index (χ1) is 7.19. The maximum absolute atomic E-state index is 4.38. The van der Waals surface area contributed by atoms with Crippen molar-refractivity contribution in [3.05, 3.63) is 27.9 Å². The van der Waals surface area contributed by atoms with E-state index in [1.54, 1.807) is 0 Å². The van der Waals surface area contributed by atoms with Gasteiger partial charge in [-0.05, 0) is 68.5 Å². The second kappa shape index (κ2) is 4.68. The van der Waals surface area contributed by atoms with Crippen molar-refractivity contribution in [3.63, 3.8) is 0 Å². The van der Waals surface area contributed by atoms with Crippen LogP contribution >= 0.6 is 44.3 Å². The van der Waals surface area contributed by atoms with Crippen molar-refractivity contribution in [1.29, 1.82) is 0 Å². The van der Waals surface area contributed by atoms with Crippen LogP contribution in [0.1, 0.15) is 18.1 Å². The van der Waals surface area contributed by atoms with Crippen molar-refractivity contribution in [3.8, 4) is 0 Å². The maximum atomic E-state index is 4.38. The summed E-state index contributed by atoms with van der Waals surface area (Å²) in [5.74, 6) is 0. The van der Waals surface area contributed by atoms with Gasteiger partial charge in [-0.3, -0.25) is 0 Å². The molecule has 5 heteroatoms. The average molecular weight is 397 g/mol. The number of benzene rings is 1. The minimum Gasteiger partial charge on any atom is -0.237 e. The van der Waals surface area contributed by atoms with Crippen LogP contribution in [0.4, 0.5) is 0 Å². The Kier molecular flexibility index (Phi) is 3.68. The second-order valence-corrected chi connectivity index (χ2v) is 6.25. The molecule has 2 nitrogen and oxygen atoms in total. The standard InChI is InChI=1S/C10H11BrIN2P/c1-3-7-6(2)4-9-8(10(7)11)5-13-14(9)15-12/h4-5,15H,3H2,1-2H3. The molecule has 0 fully saturated rings. The summed E-state index contributed by atoms with van der Waals surface area (Å²) in [6, 6.07) is 2.23. The predicted molar refractivity (Wildman–Crippen MR) is 79.3 cm³/mol. The molecule has 0 aliphatic heterocycles. The Bertz CT molecular complexity index is 510. The van der Waals surface area contributed by atoms with Crippen LogP contribution in [-0.4, -0.2) is 9.55 Å². The van der Waals surface area contributed by atoms with Crippen molar-refractivity contribution >= 4 is 55.2 Å². The van der Waals surface area contributed by atoms with Gasteiger partial charge in [-0.15, -0.1) is 0 Å². The van der Waals surface area contributed by atoms with Crippen molar-refractivity contribution < 1.29 is 0 Å². The fourth-order valence-electron chi connectivity index (χ4n) is 1.80. The molecule has 0 aliphatic carbocycles. The minimum absolute atomic E-state index is 0.653. The van der Waals surface area contributed by atoms with Crippen molar-refractivity contribution in [2.75, 3.05) is 0 Å². The Morgan fingerprint density at radius 3 is 2.93 bits per heavy atom. The molecule has 0 saturated heterocycles. The largest absolute Gasteiger partial charge is 0.237 e. The van der Waals surface area contributed by atoms with Gasteiger partial charge < -0.3 is 0 Å². The quantitative estimate of drug-likeness (QED) is 0.541. The summed E-state index contributed by atoms with van der Waals surface area (Å²) in [7, 11) is 0. The van der Waals surface area contributed by atoms with E-state index in [1.807, 2.05) is 10.6 Å². The molecule has 2 aromatic rings. The Hall–Kier alpha value is 0.330. The summed E-state index contributed by atoms with van der Waals surface area (Å²) in [6.45, 7) is 4.35. The molecule has 0 spiro atoms. The number of rotatable bonds is 2. The second-order valence-electron chi connectivity index (χ2n) is 3.41. The Morgan fingerprint density at radius 1 is 1.60 bits per heavy atom. The molecule has 1 unspecified atom stereocenters. The van der Waals surface area contributed by atoms with E-state index in [9.17, 15) is 0 Å². The summed E-state index contributed by atoms with van der Waals surface area (Å²) in [6.07, 6.45) is 3.66. The van der Waals surface area contributed by atoms with Gasteiger partial charge in [0.15, 0.2) is 0 Å². The molecule has 2 rings (SSSR count). The van der Waals surface area contributed by atoms with Gasteiger partial charge in [0.25, 0.3) is 0 Å². The molecule has 1 aromatic heterocycles.